The van der Waals surface area contributed by atoms with E-state index in [2.05, 4.69) is 15.4 Å². The summed E-state index contributed by atoms with van der Waals surface area (Å²) < 4.78 is 1.69. The van der Waals surface area contributed by atoms with Crippen LogP contribution in [-0.4, -0.2) is 20.7 Å². The van der Waals surface area contributed by atoms with Gasteiger partial charge in [-0.25, -0.2) is 4.98 Å². The summed E-state index contributed by atoms with van der Waals surface area (Å²) >= 11 is 6.12. The maximum absolute atomic E-state index is 12.7. The lowest BCUT2D eigenvalue weighted by Crippen LogP contribution is -2.13. The largest absolute Gasteiger partial charge is 0.322 e. The van der Waals surface area contributed by atoms with Gasteiger partial charge in [-0.2, -0.15) is 5.10 Å². The quantitative estimate of drug-likeness (QED) is 0.778. The van der Waals surface area contributed by atoms with Crippen molar-refractivity contribution < 1.29 is 4.79 Å². The Hall–Kier alpha value is -2.40. The molecule has 5 nitrogen and oxygen atoms in total. The first-order valence-electron chi connectivity index (χ1n) is 7.25. The number of anilines is 1. The van der Waals surface area contributed by atoms with Crippen LogP contribution in [0, 0.1) is 20.8 Å². The van der Waals surface area contributed by atoms with Crippen LogP contribution in [-0.2, 0) is 7.05 Å². The first-order chi connectivity index (χ1) is 10.9. The molecule has 1 amide bonds. The van der Waals surface area contributed by atoms with Crippen LogP contribution >= 0.6 is 11.6 Å². The Morgan fingerprint density at radius 1 is 1.22 bits per heavy atom. The molecule has 0 bridgehead atoms. The molecule has 0 radical (unpaired) electrons. The van der Waals surface area contributed by atoms with Gasteiger partial charge in [0.15, 0.2) is 5.65 Å². The number of benzene rings is 1. The normalized spacial score (nSPS) is 11.0. The highest BCUT2D eigenvalue weighted by molar-refractivity contribution is 6.31. The molecule has 0 fully saturated rings. The van der Waals surface area contributed by atoms with Gasteiger partial charge in [0.1, 0.15) is 0 Å². The molecule has 3 rings (SSSR count). The molecular weight excluding hydrogens is 312 g/mol. The standard InChI is InChI=1S/C17H17ClN4O/c1-9-5-6-12(8-14(9)18)20-17(23)13-7-10(2)19-16-15(13)11(3)21-22(16)4/h5-8H,1-4H3,(H,20,23). The Balaban J connectivity index is 2.05. The van der Waals surface area contributed by atoms with E-state index in [9.17, 15) is 4.79 Å². The minimum Gasteiger partial charge on any atom is -0.322 e. The third-order valence-corrected chi connectivity index (χ3v) is 4.18. The van der Waals surface area contributed by atoms with Gasteiger partial charge >= 0.3 is 0 Å². The number of fused-ring (bicyclic) bond motifs is 1. The number of aryl methyl sites for hydroxylation is 4. The van der Waals surface area contributed by atoms with Gasteiger partial charge in [-0.3, -0.25) is 9.48 Å². The van der Waals surface area contributed by atoms with Gasteiger partial charge in [-0.15, -0.1) is 0 Å². The number of amides is 1. The number of halogens is 1. The summed E-state index contributed by atoms with van der Waals surface area (Å²) in [6, 6.07) is 7.24. The van der Waals surface area contributed by atoms with E-state index in [1.807, 2.05) is 40.0 Å². The van der Waals surface area contributed by atoms with E-state index in [1.54, 1.807) is 16.8 Å². The average molecular weight is 329 g/mol. The Bertz CT molecular complexity index is 930. The van der Waals surface area contributed by atoms with Crippen molar-refractivity contribution in [2.75, 3.05) is 5.32 Å². The molecule has 0 spiro atoms. The zero-order chi connectivity index (χ0) is 16.7. The topological polar surface area (TPSA) is 59.8 Å². The maximum Gasteiger partial charge on any atom is 0.256 e. The van der Waals surface area contributed by atoms with Gasteiger partial charge in [0.25, 0.3) is 5.91 Å². The fourth-order valence-electron chi connectivity index (χ4n) is 2.62. The summed E-state index contributed by atoms with van der Waals surface area (Å²) in [5.41, 5.74) is 4.45. The van der Waals surface area contributed by atoms with Gasteiger partial charge in [0, 0.05) is 23.5 Å². The highest BCUT2D eigenvalue weighted by atomic mass is 35.5. The van der Waals surface area contributed by atoms with E-state index in [0.717, 1.165) is 22.3 Å². The number of carbonyl (C=O) groups excluding carboxylic acids is 1. The summed E-state index contributed by atoms with van der Waals surface area (Å²) in [5, 5.41) is 8.65. The van der Waals surface area contributed by atoms with Crippen LogP contribution in [0.15, 0.2) is 24.3 Å². The molecular formula is C17H17ClN4O. The van der Waals surface area contributed by atoms with Crippen LogP contribution in [0.3, 0.4) is 0 Å². The third-order valence-electron chi connectivity index (χ3n) is 3.77. The van der Waals surface area contributed by atoms with Crippen LogP contribution < -0.4 is 5.32 Å². The summed E-state index contributed by atoms with van der Waals surface area (Å²) in [6.07, 6.45) is 0. The van der Waals surface area contributed by atoms with Crippen molar-refractivity contribution in [3.63, 3.8) is 0 Å². The first kappa shape index (κ1) is 15.5. The predicted octanol–water partition coefficient (Wildman–Crippen LogP) is 3.80. The molecule has 0 saturated carbocycles. The van der Waals surface area contributed by atoms with Gasteiger partial charge in [-0.1, -0.05) is 17.7 Å². The molecule has 0 saturated heterocycles. The average Bonchev–Trinajstić information content (AvgIpc) is 2.77. The smallest absolute Gasteiger partial charge is 0.256 e. The van der Waals surface area contributed by atoms with Crippen molar-refractivity contribution in [2.45, 2.75) is 20.8 Å². The highest BCUT2D eigenvalue weighted by Gasteiger charge is 2.18. The fraction of sp³-hybridized carbons (Fsp3) is 0.235. The Morgan fingerprint density at radius 3 is 2.65 bits per heavy atom. The van der Waals surface area contributed by atoms with Crippen molar-refractivity contribution in [3.8, 4) is 0 Å². The minimum absolute atomic E-state index is 0.198. The van der Waals surface area contributed by atoms with Crippen LogP contribution in [0.5, 0.6) is 0 Å². The minimum atomic E-state index is -0.198. The van der Waals surface area contributed by atoms with Gasteiger partial charge in [0.2, 0.25) is 0 Å². The van der Waals surface area contributed by atoms with Crippen molar-refractivity contribution in [1.82, 2.24) is 14.8 Å². The van der Waals surface area contributed by atoms with Crippen LogP contribution in [0.1, 0.15) is 27.3 Å². The number of carbonyl (C=O) groups is 1. The monoisotopic (exact) mass is 328 g/mol. The molecule has 2 heterocycles. The predicted molar refractivity (Wildman–Crippen MR) is 92.1 cm³/mol. The molecule has 0 aliphatic carbocycles. The number of nitrogens with one attached hydrogen (secondary N) is 1. The number of rotatable bonds is 2. The Kier molecular flexibility index (Phi) is 3.82. The zero-order valence-electron chi connectivity index (χ0n) is 13.4. The van der Waals surface area contributed by atoms with Gasteiger partial charge in [-0.05, 0) is 44.5 Å². The van der Waals surface area contributed by atoms with Crippen molar-refractivity contribution >= 4 is 34.2 Å². The van der Waals surface area contributed by atoms with E-state index in [4.69, 9.17) is 11.6 Å². The van der Waals surface area contributed by atoms with E-state index in [1.165, 1.54) is 0 Å². The Morgan fingerprint density at radius 2 is 1.96 bits per heavy atom. The molecule has 0 unspecified atom stereocenters. The molecule has 118 valence electrons. The molecule has 0 aliphatic heterocycles. The lowest BCUT2D eigenvalue weighted by atomic mass is 10.1. The van der Waals surface area contributed by atoms with Gasteiger partial charge in [0.05, 0.1) is 16.6 Å². The molecule has 6 heteroatoms. The second-order valence-electron chi connectivity index (χ2n) is 5.64. The molecule has 0 aliphatic rings. The van der Waals surface area contributed by atoms with E-state index >= 15 is 0 Å². The molecule has 3 aromatic rings. The SMILES string of the molecule is Cc1cc(C(=O)Nc2ccc(C)c(Cl)c2)c2c(C)nn(C)c2n1. The van der Waals surface area contributed by atoms with E-state index < -0.39 is 0 Å². The van der Waals surface area contributed by atoms with Crippen LogP contribution in [0.2, 0.25) is 5.02 Å². The summed E-state index contributed by atoms with van der Waals surface area (Å²) in [5.74, 6) is -0.198. The maximum atomic E-state index is 12.7. The summed E-state index contributed by atoms with van der Waals surface area (Å²) in [6.45, 7) is 5.66. The van der Waals surface area contributed by atoms with Crippen molar-refractivity contribution in [2.24, 2.45) is 7.05 Å². The van der Waals surface area contributed by atoms with Crippen LogP contribution in [0.25, 0.3) is 11.0 Å². The van der Waals surface area contributed by atoms with E-state index in [-0.39, 0.29) is 5.91 Å². The molecule has 23 heavy (non-hydrogen) atoms. The molecule has 2 aromatic heterocycles. The lowest BCUT2D eigenvalue weighted by Gasteiger charge is -2.09. The molecule has 1 aromatic carbocycles. The van der Waals surface area contributed by atoms with Crippen molar-refractivity contribution in [1.29, 1.82) is 0 Å². The number of nitrogens with zero attached hydrogens (tertiary/aromatic N) is 3. The fourth-order valence-corrected chi connectivity index (χ4v) is 2.80. The van der Waals surface area contributed by atoms with Crippen LogP contribution in [0.4, 0.5) is 5.69 Å². The summed E-state index contributed by atoms with van der Waals surface area (Å²) in [7, 11) is 1.82. The molecule has 0 atom stereocenters. The Labute approximate surface area is 139 Å². The number of hydrogen-bond donors (Lipinski definition) is 1. The number of hydrogen-bond acceptors (Lipinski definition) is 3. The second kappa shape index (κ2) is 5.66. The van der Waals surface area contributed by atoms with Gasteiger partial charge < -0.3 is 5.32 Å². The molecule has 1 N–H and O–H groups in total. The first-order valence-corrected chi connectivity index (χ1v) is 7.63. The van der Waals surface area contributed by atoms with Crippen molar-refractivity contribution in [3.05, 3.63) is 51.8 Å². The second-order valence-corrected chi connectivity index (χ2v) is 6.04. The summed E-state index contributed by atoms with van der Waals surface area (Å²) in [4.78, 5) is 17.2. The van der Waals surface area contributed by atoms with E-state index in [0.29, 0.717) is 21.9 Å². The third kappa shape index (κ3) is 2.80. The number of pyridine rings is 1. The number of aromatic nitrogens is 3. The highest BCUT2D eigenvalue weighted by Crippen LogP contribution is 2.24. The zero-order valence-corrected chi connectivity index (χ0v) is 14.2. The lowest BCUT2D eigenvalue weighted by molar-refractivity contribution is 0.102.